The van der Waals surface area contributed by atoms with Crippen LogP contribution in [0.2, 0.25) is 0 Å². The van der Waals surface area contributed by atoms with E-state index in [1.165, 1.54) is 0 Å². The van der Waals surface area contributed by atoms with Crippen molar-refractivity contribution in [2.45, 2.75) is 6.92 Å². The van der Waals surface area contributed by atoms with Gasteiger partial charge in [-0.2, -0.15) is 10.2 Å². The van der Waals surface area contributed by atoms with Crippen LogP contribution in [0.5, 0.6) is 0 Å². The molecule has 0 saturated carbocycles. The second-order valence-electron chi connectivity index (χ2n) is 5.40. The Kier molecular flexibility index (Phi) is 3.31. The quantitative estimate of drug-likeness (QED) is 0.608. The first-order chi connectivity index (χ1) is 11.7. The van der Waals surface area contributed by atoms with Crippen LogP contribution in [0.1, 0.15) is 16.2 Å². The summed E-state index contributed by atoms with van der Waals surface area (Å²) in [6, 6.07) is 10.9. The van der Waals surface area contributed by atoms with Crippen LogP contribution in [0.25, 0.3) is 16.6 Å². The van der Waals surface area contributed by atoms with Crippen molar-refractivity contribution in [2.24, 2.45) is 0 Å². The lowest BCUT2D eigenvalue weighted by molar-refractivity contribution is 0.102. The van der Waals surface area contributed by atoms with Gasteiger partial charge in [0.1, 0.15) is 5.69 Å². The summed E-state index contributed by atoms with van der Waals surface area (Å²) < 4.78 is 1.69. The molecule has 3 heterocycles. The molecule has 1 amide bonds. The molecule has 0 aliphatic rings. The fourth-order valence-corrected chi connectivity index (χ4v) is 2.54. The lowest BCUT2D eigenvalue weighted by atomic mass is 10.2. The molecule has 2 N–H and O–H groups in total. The van der Waals surface area contributed by atoms with Crippen LogP contribution >= 0.6 is 0 Å². The normalized spacial score (nSPS) is 10.9. The molecule has 0 aliphatic carbocycles. The highest BCUT2D eigenvalue weighted by Gasteiger charge is 2.14. The van der Waals surface area contributed by atoms with Crippen LogP contribution in [0.15, 0.2) is 55.0 Å². The van der Waals surface area contributed by atoms with Gasteiger partial charge in [0.05, 0.1) is 23.1 Å². The van der Waals surface area contributed by atoms with Crippen LogP contribution in [0.3, 0.4) is 0 Å². The molecule has 7 nitrogen and oxygen atoms in total. The maximum Gasteiger partial charge on any atom is 0.274 e. The van der Waals surface area contributed by atoms with E-state index in [4.69, 9.17) is 0 Å². The minimum atomic E-state index is -0.269. The summed E-state index contributed by atoms with van der Waals surface area (Å²) in [6.45, 7) is 1.85. The molecule has 0 aliphatic heterocycles. The van der Waals surface area contributed by atoms with Gasteiger partial charge in [0, 0.05) is 23.5 Å². The SMILES string of the molecule is Cc1cccc(C(=O)Nc2cc3cn[nH]c3cc2-n2cccn2)n1. The first-order valence-electron chi connectivity index (χ1n) is 7.43. The van der Waals surface area contributed by atoms with Gasteiger partial charge in [0.25, 0.3) is 5.91 Å². The first kappa shape index (κ1) is 14.1. The van der Waals surface area contributed by atoms with Crippen molar-refractivity contribution in [1.29, 1.82) is 0 Å². The highest BCUT2D eigenvalue weighted by Crippen LogP contribution is 2.26. The molecule has 0 bridgehead atoms. The fraction of sp³-hybridized carbons (Fsp3) is 0.0588. The Hall–Kier alpha value is -3.48. The van der Waals surface area contributed by atoms with Gasteiger partial charge in [0.15, 0.2) is 0 Å². The molecule has 118 valence electrons. The number of H-pyrrole nitrogens is 1. The number of amides is 1. The van der Waals surface area contributed by atoms with Crippen LogP contribution in [-0.2, 0) is 0 Å². The molecule has 1 aromatic carbocycles. The summed E-state index contributed by atoms with van der Waals surface area (Å²) in [5, 5.41) is 15.0. The minimum absolute atomic E-state index is 0.269. The number of aromatic nitrogens is 5. The van der Waals surface area contributed by atoms with E-state index in [-0.39, 0.29) is 5.91 Å². The Morgan fingerprint density at radius 1 is 1.25 bits per heavy atom. The molecule has 7 heteroatoms. The minimum Gasteiger partial charge on any atom is -0.319 e. The number of carbonyl (C=O) groups excluding carboxylic acids is 1. The second-order valence-corrected chi connectivity index (χ2v) is 5.40. The Labute approximate surface area is 137 Å². The van der Waals surface area contributed by atoms with Crippen LogP contribution in [0, 0.1) is 6.92 Å². The first-order valence-corrected chi connectivity index (χ1v) is 7.43. The van der Waals surface area contributed by atoms with Crippen LogP contribution < -0.4 is 5.32 Å². The third kappa shape index (κ3) is 2.52. The number of nitrogens with one attached hydrogen (secondary N) is 2. The molecule has 0 radical (unpaired) electrons. The van der Waals surface area contributed by atoms with E-state index < -0.39 is 0 Å². The molecule has 0 unspecified atom stereocenters. The number of aryl methyl sites for hydroxylation is 1. The average molecular weight is 318 g/mol. The zero-order valence-corrected chi connectivity index (χ0v) is 12.9. The van der Waals surface area contributed by atoms with Crippen molar-refractivity contribution >= 4 is 22.5 Å². The van der Waals surface area contributed by atoms with Crippen molar-refractivity contribution in [3.8, 4) is 5.69 Å². The summed E-state index contributed by atoms with van der Waals surface area (Å²) in [5.74, 6) is -0.269. The summed E-state index contributed by atoms with van der Waals surface area (Å²) >= 11 is 0. The van der Waals surface area contributed by atoms with Gasteiger partial charge in [-0.15, -0.1) is 0 Å². The molecule has 0 spiro atoms. The number of hydrogen-bond donors (Lipinski definition) is 2. The van der Waals surface area contributed by atoms with Crippen LogP contribution in [-0.4, -0.2) is 30.9 Å². The number of benzene rings is 1. The topological polar surface area (TPSA) is 88.5 Å². The number of anilines is 1. The van der Waals surface area contributed by atoms with Gasteiger partial charge in [-0.1, -0.05) is 6.07 Å². The molecule has 0 fully saturated rings. The van der Waals surface area contributed by atoms with Crippen molar-refractivity contribution < 1.29 is 4.79 Å². The molecule has 3 aromatic heterocycles. The van der Waals surface area contributed by atoms with E-state index in [9.17, 15) is 4.79 Å². The Bertz CT molecular complexity index is 1020. The predicted octanol–water partition coefficient (Wildman–Crippen LogP) is 2.70. The average Bonchev–Trinajstić information content (AvgIpc) is 3.25. The van der Waals surface area contributed by atoms with Crippen LogP contribution in [0.4, 0.5) is 5.69 Å². The van der Waals surface area contributed by atoms with E-state index in [0.29, 0.717) is 11.4 Å². The zero-order chi connectivity index (χ0) is 16.5. The number of aromatic amines is 1. The number of rotatable bonds is 3. The van der Waals surface area contributed by atoms with Gasteiger partial charge >= 0.3 is 0 Å². The van der Waals surface area contributed by atoms with E-state index in [0.717, 1.165) is 22.3 Å². The highest BCUT2D eigenvalue weighted by molar-refractivity contribution is 6.05. The summed E-state index contributed by atoms with van der Waals surface area (Å²) in [7, 11) is 0. The standard InChI is InChI=1S/C17H14N6O/c1-11-4-2-5-13(20-11)17(24)21-15-8-12-10-18-22-14(12)9-16(15)23-7-3-6-19-23/h2-10H,1H3,(H,18,22)(H,21,24). The molecule has 24 heavy (non-hydrogen) atoms. The Balaban J connectivity index is 1.77. The predicted molar refractivity (Wildman–Crippen MR) is 90.1 cm³/mol. The number of fused-ring (bicyclic) bond motifs is 1. The fourth-order valence-electron chi connectivity index (χ4n) is 2.54. The monoisotopic (exact) mass is 318 g/mol. The summed E-state index contributed by atoms with van der Waals surface area (Å²) in [5.41, 5.74) is 3.42. The van der Waals surface area contributed by atoms with E-state index in [1.54, 1.807) is 23.1 Å². The third-order valence-electron chi connectivity index (χ3n) is 3.68. The van der Waals surface area contributed by atoms with E-state index >= 15 is 0 Å². The molecule has 4 aromatic rings. The van der Waals surface area contributed by atoms with Gasteiger partial charge in [-0.25, -0.2) is 9.67 Å². The van der Waals surface area contributed by atoms with Gasteiger partial charge < -0.3 is 5.32 Å². The largest absolute Gasteiger partial charge is 0.319 e. The van der Waals surface area contributed by atoms with Crippen molar-refractivity contribution in [2.75, 3.05) is 5.32 Å². The van der Waals surface area contributed by atoms with Crippen molar-refractivity contribution in [3.63, 3.8) is 0 Å². The number of pyridine rings is 1. The zero-order valence-electron chi connectivity index (χ0n) is 12.9. The molecular weight excluding hydrogens is 304 g/mol. The van der Waals surface area contributed by atoms with Gasteiger partial charge in [-0.3, -0.25) is 9.89 Å². The molecule has 0 saturated heterocycles. The van der Waals surface area contributed by atoms with E-state index in [2.05, 4.69) is 25.6 Å². The second kappa shape index (κ2) is 5.62. The summed E-state index contributed by atoms with van der Waals surface area (Å²) in [6.07, 6.45) is 5.21. The van der Waals surface area contributed by atoms with Gasteiger partial charge in [-0.05, 0) is 37.3 Å². The number of hydrogen-bond acceptors (Lipinski definition) is 4. The number of nitrogens with zero attached hydrogens (tertiary/aromatic N) is 4. The molecule has 0 atom stereocenters. The van der Waals surface area contributed by atoms with Crippen molar-refractivity contribution in [1.82, 2.24) is 25.0 Å². The van der Waals surface area contributed by atoms with Crippen molar-refractivity contribution in [3.05, 3.63) is 66.4 Å². The lowest BCUT2D eigenvalue weighted by Crippen LogP contribution is -2.15. The Morgan fingerprint density at radius 3 is 2.96 bits per heavy atom. The molecule has 4 rings (SSSR count). The van der Waals surface area contributed by atoms with Gasteiger partial charge in [0.2, 0.25) is 0 Å². The lowest BCUT2D eigenvalue weighted by Gasteiger charge is -2.11. The maximum atomic E-state index is 12.5. The smallest absolute Gasteiger partial charge is 0.274 e. The number of carbonyl (C=O) groups is 1. The maximum absolute atomic E-state index is 12.5. The summed E-state index contributed by atoms with van der Waals surface area (Å²) in [4.78, 5) is 16.8. The Morgan fingerprint density at radius 2 is 2.17 bits per heavy atom. The highest BCUT2D eigenvalue weighted by atomic mass is 16.1. The third-order valence-corrected chi connectivity index (χ3v) is 3.68. The van der Waals surface area contributed by atoms with E-state index in [1.807, 2.05) is 43.5 Å². The molecular formula is C17H14N6O.